The Labute approximate surface area is 105 Å². The van der Waals surface area contributed by atoms with Gasteiger partial charge in [0.2, 0.25) is 0 Å². The first-order chi connectivity index (χ1) is 8.13. The number of aromatic nitrogens is 2. The molecular weight excluding hydrogens is 210 g/mol. The lowest BCUT2D eigenvalue weighted by atomic mass is 9.98. The van der Waals surface area contributed by atoms with Crippen molar-refractivity contribution in [3.63, 3.8) is 0 Å². The summed E-state index contributed by atoms with van der Waals surface area (Å²) in [6.45, 7) is 9.93. The largest absolute Gasteiger partial charge is 0.316 e. The van der Waals surface area contributed by atoms with Gasteiger partial charge in [-0.05, 0) is 49.6 Å². The van der Waals surface area contributed by atoms with Crippen LogP contribution >= 0.6 is 0 Å². The minimum Gasteiger partial charge on any atom is -0.316 e. The van der Waals surface area contributed by atoms with E-state index in [-0.39, 0.29) is 0 Å². The highest BCUT2D eigenvalue weighted by Gasteiger charge is 2.42. The van der Waals surface area contributed by atoms with E-state index in [0.29, 0.717) is 5.41 Å². The molecule has 0 spiro atoms. The molecule has 2 rings (SSSR count). The summed E-state index contributed by atoms with van der Waals surface area (Å²) in [5.74, 6) is 0.744. The molecule has 96 valence electrons. The van der Waals surface area contributed by atoms with Gasteiger partial charge in [0.15, 0.2) is 0 Å². The average molecular weight is 235 g/mol. The Morgan fingerprint density at radius 3 is 2.76 bits per heavy atom. The first-order valence-corrected chi connectivity index (χ1v) is 6.85. The lowest BCUT2D eigenvalue weighted by Gasteiger charge is -2.16. The van der Waals surface area contributed by atoms with Gasteiger partial charge in [0.25, 0.3) is 0 Å². The van der Waals surface area contributed by atoms with Crippen molar-refractivity contribution in [3.05, 3.63) is 18.0 Å². The monoisotopic (exact) mass is 235 g/mol. The van der Waals surface area contributed by atoms with E-state index in [0.717, 1.165) is 19.0 Å². The van der Waals surface area contributed by atoms with Crippen molar-refractivity contribution in [1.29, 1.82) is 0 Å². The summed E-state index contributed by atoms with van der Waals surface area (Å²) in [5.41, 5.74) is 1.94. The predicted molar refractivity (Wildman–Crippen MR) is 71.0 cm³/mol. The molecule has 1 heterocycles. The number of nitrogens with zero attached hydrogens (tertiary/aromatic N) is 2. The SMILES string of the molecule is CCn1cc(CC2(CNCC(C)C)CC2)cn1. The van der Waals surface area contributed by atoms with Crippen LogP contribution in [0.4, 0.5) is 0 Å². The van der Waals surface area contributed by atoms with Crippen LogP contribution < -0.4 is 5.32 Å². The summed E-state index contributed by atoms with van der Waals surface area (Å²) in [6.07, 6.45) is 8.16. The van der Waals surface area contributed by atoms with E-state index in [1.54, 1.807) is 0 Å². The van der Waals surface area contributed by atoms with Crippen LogP contribution in [0.3, 0.4) is 0 Å². The van der Waals surface area contributed by atoms with Gasteiger partial charge in [-0.3, -0.25) is 4.68 Å². The highest BCUT2D eigenvalue weighted by atomic mass is 15.3. The van der Waals surface area contributed by atoms with Crippen molar-refractivity contribution in [1.82, 2.24) is 15.1 Å². The van der Waals surface area contributed by atoms with E-state index in [4.69, 9.17) is 0 Å². The average Bonchev–Trinajstić information content (AvgIpc) is 2.88. The summed E-state index contributed by atoms with van der Waals surface area (Å²) >= 11 is 0. The maximum absolute atomic E-state index is 4.35. The number of hydrogen-bond donors (Lipinski definition) is 1. The van der Waals surface area contributed by atoms with Crippen LogP contribution in [0.1, 0.15) is 39.2 Å². The van der Waals surface area contributed by atoms with E-state index < -0.39 is 0 Å². The number of nitrogens with one attached hydrogen (secondary N) is 1. The molecule has 0 amide bonds. The fourth-order valence-electron chi connectivity index (χ4n) is 2.32. The molecular formula is C14H25N3. The van der Waals surface area contributed by atoms with Gasteiger partial charge in [0.05, 0.1) is 6.20 Å². The molecule has 1 aromatic heterocycles. The quantitative estimate of drug-likeness (QED) is 0.787. The van der Waals surface area contributed by atoms with Crippen molar-refractivity contribution < 1.29 is 0 Å². The highest BCUT2D eigenvalue weighted by molar-refractivity contribution is 5.12. The Hall–Kier alpha value is -0.830. The molecule has 0 bridgehead atoms. The molecule has 0 radical (unpaired) electrons. The van der Waals surface area contributed by atoms with Crippen molar-refractivity contribution in [2.24, 2.45) is 11.3 Å². The zero-order valence-corrected chi connectivity index (χ0v) is 11.4. The summed E-state index contributed by atoms with van der Waals surface area (Å²) in [7, 11) is 0. The third-order valence-corrected chi connectivity index (χ3v) is 3.60. The molecule has 17 heavy (non-hydrogen) atoms. The molecule has 0 unspecified atom stereocenters. The van der Waals surface area contributed by atoms with Crippen LogP contribution in [0, 0.1) is 11.3 Å². The number of hydrogen-bond acceptors (Lipinski definition) is 2. The summed E-state index contributed by atoms with van der Waals surface area (Å²) in [6, 6.07) is 0. The minimum atomic E-state index is 0.538. The minimum absolute atomic E-state index is 0.538. The smallest absolute Gasteiger partial charge is 0.0521 e. The molecule has 1 aromatic rings. The Balaban J connectivity index is 1.81. The maximum Gasteiger partial charge on any atom is 0.0521 e. The van der Waals surface area contributed by atoms with Gasteiger partial charge in [-0.15, -0.1) is 0 Å². The van der Waals surface area contributed by atoms with Gasteiger partial charge in [-0.1, -0.05) is 13.8 Å². The van der Waals surface area contributed by atoms with Crippen LogP contribution in [0.25, 0.3) is 0 Å². The number of rotatable bonds is 7. The molecule has 3 heteroatoms. The molecule has 1 fully saturated rings. The van der Waals surface area contributed by atoms with Gasteiger partial charge < -0.3 is 5.32 Å². The normalized spacial score (nSPS) is 17.6. The zero-order chi connectivity index (χ0) is 12.3. The Kier molecular flexibility index (Phi) is 3.87. The van der Waals surface area contributed by atoms with Crippen molar-refractivity contribution in [2.75, 3.05) is 13.1 Å². The van der Waals surface area contributed by atoms with E-state index >= 15 is 0 Å². The van der Waals surface area contributed by atoms with E-state index in [1.165, 1.54) is 31.4 Å². The molecule has 1 N–H and O–H groups in total. The van der Waals surface area contributed by atoms with E-state index in [2.05, 4.69) is 37.4 Å². The third kappa shape index (κ3) is 3.56. The second-order valence-corrected chi connectivity index (χ2v) is 5.91. The van der Waals surface area contributed by atoms with E-state index in [1.807, 2.05) is 10.9 Å². The van der Waals surface area contributed by atoms with Gasteiger partial charge in [-0.2, -0.15) is 5.10 Å². The highest BCUT2D eigenvalue weighted by Crippen LogP contribution is 2.47. The van der Waals surface area contributed by atoms with Crippen LogP contribution in [0.2, 0.25) is 0 Å². The van der Waals surface area contributed by atoms with Crippen molar-refractivity contribution in [3.8, 4) is 0 Å². The Morgan fingerprint density at radius 1 is 1.47 bits per heavy atom. The molecule has 0 aliphatic heterocycles. The second-order valence-electron chi connectivity index (χ2n) is 5.91. The van der Waals surface area contributed by atoms with Crippen LogP contribution in [-0.2, 0) is 13.0 Å². The summed E-state index contributed by atoms with van der Waals surface area (Å²) in [5, 5.41) is 7.95. The molecule has 0 atom stereocenters. The standard InChI is InChI=1S/C14H25N3/c1-4-17-10-13(9-16-17)7-14(5-6-14)11-15-8-12(2)3/h9-10,12,15H,4-8,11H2,1-3H3. The fraction of sp³-hybridized carbons (Fsp3) is 0.786. The Morgan fingerprint density at radius 2 is 2.24 bits per heavy atom. The summed E-state index contributed by atoms with van der Waals surface area (Å²) in [4.78, 5) is 0. The predicted octanol–water partition coefficient (Wildman–Crippen LogP) is 2.47. The van der Waals surface area contributed by atoms with Gasteiger partial charge in [-0.25, -0.2) is 0 Å². The third-order valence-electron chi connectivity index (χ3n) is 3.60. The lowest BCUT2D eigenvalue weighted by molar-refractivity contribution is 0.432. The lowest BCUT2D eigenvalue weighted by Crippen LogP contribution is -2.28. The van der Waals surface area contributed by atoms with Gasteiger partial charge in [0, 0.05) is 19.3 Å². The van der Waals surface area contributed by atoms with Gasteiger partial charge in [0.1, 0.15) is 0 Å². The van der Waals surface area contributed by atoms with Crippen LogP contribution in [-0.4, -0.2) is 22.9 Å². The summed E-state index contributed by atoms with van der Waals surface area (Å²) < 4.78 is 2.02. The van der Waals surface area contributed by atoms with Crippen molar-refractivity contribution in [2.45, 2.75) is 46.6 Å². The Bertz CT molecular complexity index is 350. The molecule has 0 saturated heterocycles. The van der Waals surface area contributed by atoms with Crippen molar-refractivity contribution >= 4 is 0 Å². The molecule has 1 saturated carbocycles. The topological polar surface area (TPSA) is 29.9 Å². The number of aryl methyl sites for hydroxylation is 1. The molecule has 0 aromatic carbocycles. The maximum atomic E-state index is 4.35. The fourth-order valence-corrected chi connectivity index (χ4v) is 2.32. The first-order valence-electron chi connectivity index (χ1n) is 6.85. The molecule has 1 aliphatic carbocycles. The second kappa shape index (κ2) is 5.21. The van der Waals surface area contributed by atoms with E-state index in [9.17, 15) is 0 Å². The molecule has 3 nitrogen and oxygen atoms in total. The van der Waals surface area contributed by atoms with Crippen LogP contribution in [0.15, 0.2) is 12.4 Å². The first kappa shape index (κ1) is 12.6. The zero-order valence-electron chi connectivity index (χ0n) is 11.4. The molecule has 1 aliphatic rings. The van der Waals surface area contributed by atoms with Crippen LogP contribution in [0.5, 0.6) is 0 Å². The van der Waals surface area contributed by atoms with Gasteiger partial charge >= 0.3 is 0 Å².